The first-order chi connectivity index (χ1) is 15.5. The SMILES string of the molecule is CCN1C(=O)NC(Nc2ccc(OC3N=CC=CN3)cc2)N(Cc2ccc(Cl)cc2)C1=O. The zero-order valence-corrected chi connectivity index (χ0v) is 18.1. The molecule has 0 saturated carbocycles. The number of benzene rings is 2. The molecule has 2 unspecified atom stereocenters. The van der Waals surface area contributed by atoms with Crippen LogP contribution in [0.3, 0.4) is 0 Å². The standard InChI is InChI=1S/C22H23ClN6O3/c1-2-28-21(30)27-19(29(22(28)31)14-15-4-6-16(23)7-5-15)26-17-8-10-18(11-9-17)32-20-24-12-3-13-25-20/h3-13,19-20,24,26H,2,14H2,1H3,(H,27,30). The van der Waals surface area contributed by atoms with Crippen LogP contribution in [0.15, 0.2) is 65.8 Å². The molecular formula is C22H23ClN6O3. The van der Waals surface area contributed by atoms with Gasteiger partial charge < -0.3 is 15.4 Å². The summed E-state index contributed by atoms with van der Waals surface area (Å²) in [6, 6.07) is 13.6. The summed E-state index contributed by atoms with van der Waals surface area (Å²) in [7, 11) is 0. The third-order valence-corrected chi connectivity index (χ3v) is 5.18. The third-order valence-electron chi connectivity index (χ3n) is 4.92. The Balaban J connectivity index is 1.48. The zero-order valence-electron chi connectivity index (χ0n) is 17.4. The van der Waals surface area contributed by atoms with Crippen molar-refractivity contribution in [3.8, 4) is 5.75 Å². The molecule has 0 spiro atoms. The molecule has 2 heterocycles. The summed E-state index contributed by atoms with van der Waals surface area (Å²) >= 11 is 5.97. The maximum absolute atomic E-state index is 13.0. The van der Waals surface area contributed by atoms with Crippen molar-refractivity contribution in [2.24, 2.45) is 4.99 Å². The van der Waals surface area contributed by atoms with E-state index in [1.807, 2.05) is 12.1 Å². The normalized spacial score (nSPS) is 20.1. The van der Waals surface area contributed by atoms with Gasteiger partial charge in [-0.2, -0.15) is 0 Å². The van der Waals surface area contributed by atoms with Gasteiger partial charge in [0.25, 0.3) is 6.35 Å². The van der Waals surface area contributed by atoms with Gasteiger partial charge in [-0.1, -0.05) is 23.7 Å². The first kappa shape index (κ1) is 21.5. The molecule has 166 valence electrons. The molecule has 0 aromatic heterocycles. The average Bonchev–Trinajstić information content (AvgIpc) is 2.80. The van der Waals surface area contributed by atoms with Crippen molar-refractivity contribution in [2.75, 3.05) is 11.9 Å². The largest absolute Gasteiger partial charge is 0.451 e. The van der Waals surface area contributed by atoms with Crippen LogP contribution in [0.1, 0.15) is 12.5 Å². The van der Waals surface area contributed by atoms with E-state index in [2.05, 4.69) is 20.9 Å². The van der Waals surface area contributed by atoms with Crippen LogP contribution in [-0.2, 0) is 6.54 Å². The maximum atomic E-state index is 13.0. The minimum atomic E-state index is -0.727. The number of nitrogens with one attached hydrogen (secondary N) is 3. The molecule has 10 heteroatoms. The predicted molar refractivity (Wildman–Crippen MR) is 122 cm³/mol. The second-order valence-electron chi connectivity index (χ2n) is 7.10. The summed E-state index contributed by atoms with van der Waals surface area (Å²) in [5, 5.41) is 9.65. The average molecular weight is 455 g/mol. The second-order valence-corrected chi connectivity index (χ2v) is 7.53. The number of carbonyl (C=O) groups excluding carboxylic acids is 2. The minimum Gasteiger partial charge on any atom is -0.451 e. The molecule has 1 saturated heterocycles. The lowest BCUT2D eigenvalue weighted by atomic mass is 10.2. The first-order valence-electron chi connectivity index (χ1n) is 10.1. The van der Waals surface area contributed by atoms with E-state index in [1.165, 1.54) is 0 Å². The first-order valence-corrected chi connectivity index (χ1v) is 10.5. The van der Waals surface area contributed by atoms with Crippen LogP contribution in [0.25, 0.3) is 0 Å². The van der Waals surface area contributed by atoms with Crippen LogP contribution in [0.2, 0.25) is 5.02 Å². The number of aliphatic imine (C=N–C) groups is 1. The highest BCUT2D eigenvalue weighted by molar-refractivity contribution is 6.30. The van der Waals surface area contributed by atoms with Crippen LogP contribution in [0, 0.1) is 0 Å². The van der Waals surface area contributed by atoms with Crippen molar-refractivity contribution in [1.29, 1.82) is 0 Å². The van der Waals surface area contributed by atoms with E-state index >= 15 is 0 Å². The quantitative estimate of drug-likeness (QED) is 0.594. The van der Waals surface area contributed by atoms with Crippen molar-refractivity contribution in [3.63, 3.8) is 0 Å². The molecule has 32 heavy (non-hydrogen) atoms. The van der Waals surface area contributed by atoms with E-state index in [9.17, 15) is 9.59 Å². The van der Waals surface area contributed by atoms with Gasteiger partial charge in [0.1, 0.15) is 5.75 Å². The number of rotatable bonds is 7. The number of urea groups is 2. The van der Waals surface area contributed by atoms with Crippen molar-refractivity contribution in [3.05, 3.63) is 71.4 Å². The number of allylic oxidation sites excluding steroid dienone is 1. The fraction of sp³-hybridized carbons (Fsp3) is 0.227. The number of hydrogen-bond acceptors (Lipinski definition) is 6. The van der Waals surface area contributed by atoms with Gasteiger partial charge >= 0.3 is 12.1 Å². The lowest BCUT2D eigenvalue weighted by Gasteiger charge is -2.41. The van der Waals surface area contributed by atoms with Gasteiger partial charge in [-0.25, -0.2) is 19.5 Å². The Bertz CT molecular complexity index is 1020. The number of carbonyl (C=O) groups is 2. The monoisotopic (exact) mass is 454 g/mol. The van der Waals surface area contributed by atoms with E-state index in [-0.39, 0.29) is 12.6 Å². The smallest absolute Gasteiger partial charge is 0.331 e. The highest BCUT2D eigenvalue weighted by Crippen LogP contribution is 2.21. The Labute approximate surface area is 190 Å². The van der Waals surface area contributed by atoms with E-state index < -0.39 is 18.7 Å². The third kappa shape index (κ3) is 4.94. The number of halogens is 1. The highest BCUT2D eigenvalue weighted by Gasteiger charge is 2.37. The molecule has 9 nitrogen and oxygen atoms in total. The molecule has 0 aliphatic carbocycles. The minimum absolute atomic E-state index is 0.271. The number of anilines is 1. The predicted octanol–water partition coefficient (Wildman–Crippen LogP) is 3.55. The van der Waals surface area contributed by atoms with E-state index in [4.69, 9.17) is 16.3 Å². The Kier molecular flexibility index (Phi) is 6.46. The number of hydrogen-bond donors (Lipinski definition) is 3. The lowest BCUT2D eigenvalue weighted by Crippen LogP contribution is -2.66. The molecule has 4 amide bonds. The van der Waals surface area contributed by atoms with Crippen LogP contribution in [0.4, 0.5) is 15.3 Å². The van der Waals surface area contributed by atoms with Gasteiger partial charge in [-0.15, -0.1) is 0 Å². The zero-order chi connectivity index (χ0) is 22.5. The van der Waals surface area contributed by atoms with E-state index in [1.54, 1.807) is 66.7 Å². The van der Waals surface area contributed by atoms with Gasteiger partial charge in [-0.05, 0) is 55.0 Å². The molecule has 0 radical (unpaired) electrons. The number of imide groups is 1. The van der Waals surface area contributed by atoms with Crippen LogP contribution in [0.5, 0.6) is 5.75 Å². The molecule has 2 aliphatic rings. The van der Waals surface area contributed by atoms with E-state index in [0.29, 0.717) is 23.0 Å². The molecule has 4 rings (SSSR count). The second kappa shape index (κ2) is 9.61. The summed E-state index contributed by atoms with van der Waals surface area (Å²) in [4.78, 5) is 32.3. The maximum Gasteiger partial charge on any atom is 0.331 e. The highest BCUT2D eigenvalue weighted by atomic mass is 35.5. The number of nitrogens with zero attached hydrogens (tertiary/aromatic N) is 3. The van der Waals surface area contributed by atoms with Crippen molar-refractivity contribution >= 4 is 35.6 Å². The number of amides is 4. The van der Waals surface area contributed by atoms with Crippen LogP contribution < -0.4 is 20.7 Å². The van der Waals surface area contributed by atoms with Gasteiger partial charge in [0.05, 0.1) is 6.54 Å². The molecule has 2 atom stereocenters. The molecule has 0 bridgehead atoms. The topological polar surface area (TPSA) is 98.3 Å². The summed E-state index contributed by atoms with van der Waals surface area (Å²) < 4.78 is 5.73. The van der Waals surface area contributed by atoms with Crippen LogP contribution >= 0.6 is 11.6 Å². The van der Waals surface area contributed by atoms with E-state index in [0.717, 1.165) is 10.5 Å². The molecule has 3 N–H and O–H groups in total. The van der Waals surface area contributed by atoms with Crippen LogP contribution in [-0.4, -0.2) is 47.3 Å². The van der Waals surface area contributed by atoms with Gasteiger partial charge in [0, 0.05) is 29.7 Å². The molecule has 2 aromatic rings. The fourth-order valence-electron chi connectivity index (χ4n) is 3.30. The summed E-state index contributed by atoms with van der Waals surface area (Å²) in [6.07, 6.45) is 3.99. The van der Waals surface area contributed by atoms with Crippen molar-refractivity contribution in [1.82, 2.24) is 20.4 Å². The number of ether oxygens (including phenoxy) is 1. The molecule has 2 aliphatic heterocycles. The Hall–Kier alpha value is -3.72. The summed E-state index contributed by atoms with van der Waals surface area (Å²) in [5.74, 6) is 0.624. The summed E-state index contributed by atoms with van der Waals surface area (Å²) in [6.45, 7) is 2.32. The Morgan fingerprint density at radius 1 is 1.12 bits per heavy atom. The van der Waals surface area contributed by atoms with Gasteiger partial charge in [0.2, 0.25) is 0 Å². The Morgan fingerprint density at radius 2 is 1.88 bits per heavy atom. The fourth-order valence-corrected chi connectivity index (χ4v) is 3.42. The molecular weight excluding hydrogens is 432 g/mol. The molecule has 2 aromatic carbocycles. The van der Waals surface area contributed by atoms with Crippen molar-refractivity contribution < 1.29 is 14.3 Å². The Morgan fingerprint density at radius 3 is 2.53 bits per heavy atom. The van der Waals surface area contributed by atoms with Gasteiger partial charge in [0.15, 0.2) is 6.29 Å². The van der Waals surface area contributed by atoms with Crippen molar-refractivity contribution in [2.45, 2.75) is 26.1 Å². The van der Waals surface area contributed by atoms with Gasteiger partial charge in [-0.3, -0.25) is 10.2 Å². The summed E-state index contributed by atoms with van der Waals surface area (Å²) in [5.41, 5.74) is 1.60. The molecule has 1 fully saturated rings. The lowest BCUT2D eigenvalue weighted by molar-refractivity contribution is 0.108.